The molecule has 1 aromatic carbocycles. The van der Waals surface area contributed by atoms with Gasteiger partial charge in [-0.2, -0.15) is 18.4 Å². The predicted octanol–water partition coefficient (Wildman–Crippen LogP) is 4.30. The molecule has 0 unspecified atom stereocenters. The molecule has 0 radical (unpaired) electrons. The minimum absolute atomic E-state index is 0.0384. The normalized spacial score (nSPS) is 11.2. The summed E-state index contributed by atoms with van der Waals surface area (Å²) in [5.41, 5.74) is -0.441. The molecule has 0 aliphatic rings. The number of hydrogen-bond acceptors (Lipinski definition) is 1. The van der Waals surface area contributed by atoms with Crippen molar-refractivity contribution in [2.24, 2.45) is 0 Å². The topological polar surface area (TPSA) is 23.8 Å². The lowest BCUT2D eigenvalue weighted by molar-refractivity contribution is -0.138. The van der Waals surface area contributed by atoms with Crippen molar-refractivity contribution >= 4 is 31.9 Å². The summed E-state index contributed by atoms with van der Waals surface area (Å²) in [6, 6.07) is 4.08. The summed E-state index contributed by atoms with van der Waals surface area (Å²) in [6.45, 7) is 0. The Labute approximate surface area is 101 Å². The van der Waals surface area contributed by atoms with E-state index >= 15 is 0 Å². The van der Waals surface area contributed by atoms with E-state index in [2.05, 4.69) is 31.9 Å². The maximum atomic E-state index is 12.5. The van der Waals surface area contributed by atoms with E-state index in [1.807, 2.05) is 6.07 Å². The molecule has 1 nitrogen and oxygen atoms in total. The van der Waals surface area contributed by atoms with Gasteiger partial charge in [0.15, 0.2) is 0 Å². The van der Waals surface area contributed by atoms with Crippen molar-refractivity contribution in [1.82, 2.24) is 0 Å². The molecule has 0 aliphatic heterocycles. The molecule has 0 fully saturated rings. The monoisotopic (exact) mass is 341 g/mol. The van der Waals surface area contributed by atoms with Gasteiger partial charge in [-0.1, -0.05) is 31.9 Å². The summed E-state index contributed by atoms with van der Waals surface area (Å²) >= 11 is 5.94. The molecule has 0 aliphatic carbocycles. The molecule has 6 heteroatoms. The first-order chi connectivity index (χ1) is 6.86. The van der Waals surface area contributed by atoms with E-state index in [-0.39, 0.29) is 10.9 Å². The van der Waals surface area contributed by atoms with Crippen LogP contribution in [-0.4, -0.2) is 0 Å². The van der Waals surface area contributed by atoms with Crippen LogP contribution >= 0.6 is 31.9 Å². The smallest absolute Gasteiger partial charge is 0.198 e. The van der Waals surface area contributed by atoms with Crippen LogP contribution in [0.1, 0.15) is 11.1 Å². The first-order valence-corrected chi connectivity index (χ1v) is 5.37. The van der Waals surface area contributed by atoms with Crippen LogP contribution in [0, 0.1) is 11.3 Å². The minimum atomic E-state index is -4.41. The van der Waals surface area contributed by atoms with E-state index in [0.29, 0.717) is 10.0 Å². The van der Waals surface area contributed by atoms with Crippen LogP contribution < -0.4 is 0 Å². The summed E-state index contributed by atoms with van der Waals surface area (Å²) in [6.07, 6.45) is -4.47. The summed E-state index contributed by atoms with van der Waals surface area (Å²) in [4.78, 5) is 0. The molecule has 0 bridgehead atoms. The number of rotatable bonds is 1. The van der Waals surface area contributed by atoms with Gasteiger partial charge in [0, 0.05) is 8.95 Å². The molecule has 0 amide bonds. The van der Waals surface area contributed by atoms with Gasteiger partial charge in [0.25, 0.3) is 0 Å². The molecular formula is C9H4Br2F3N. The average molecular weight is 343 g/mol. The number of nitrogens with zero attached hydrogens (tertiary/aromatic N) is 1. The van der Waals surface area contributed by atoms with Gasteiger partial charge in [-0.25, -0.2) is 0 Å². The molecule has 0 heterocycles. The van der Waals surface area contributed by atoms with E-state index in [1.54, 1.807) is 0 Å². The van der Waals surface area contributed by atoms with E-state index in [4.69, 9.17) is 5.26 Å². The standard InChI is InChI=1S/C9H4Br2F3N/c10-7-4-8(11)6(9(12,13)14)3-5(7)1-2-15/h3-4H,1H2. The fraction of sp³-hybridized carbons (Fsp3) is 0.222. The molecule has 1 rings (SSSR count). The van der Waals surface area contributed by atoms with Crippen LogP contribution in [0.15, 0.2) is 21.1 Å². The van der Waals surface area contributed by atoms with Crippen LogP contribution in [0.3, 0.4) is 0 Å². The third-order valence-corrected chi connectivity index (χ3v) is 3.11. The largest absolute Gasteiger partial charge is 0.417 e. The van der Waals surface area contributed by atoms with Crippen molar-refractivity contribution in [1.29, 1.82) is 5.26 Å². The van der Waals surface area contributed by atoms with Gasteiger partial charge < -0.3 is 0 Å². The van der Waals surface area contributed by atoms with Gasteiger partial charge in [-0.05, 0) is 17.7 Å². The lowest BCUT2D eigenvalue weighted by Crippen LogP contribution is -2.07. The van der Waals surface area contributed by atoms with Gasteiger partial charge in [0.2, 0.25) is 0 Å². The summed E-state index contributed by atoms with van der Waals surface area (Å²) in [7, 11) is 0. The highest BCUT2D eigenvalue weighted by Gasteiger charge is 2.33. The van der Waals surface area contributed by atoms with E-state index in [1.165, 1.54) is 6.07 Å². The quantitative estimate of drug-likeness (QED) is 0.746. The molecule has 1 aromatic rings. The third kappa shape index (κ3) is 2.95. The van der Waals surface area contributed by atoms with E-state index < -0.39 is 11.7 Å². The highest BCUT2D eigenvalue weighted by atomic mass is 79.9. The van der Waals surface area contributed by atoms with Crippen LogP contribution in [0.4, 0.5) is 13.2 Å². The van der Waals surface area contributed by atoms with Crippen LogP contribution in [0.2, 0.25) is 0 Å². The highest BCUT2D eigenvalue weighted by molar-refractivity contribution is 9.11. The minimum Gasteiger partial charge on any atom is -0.198 e. The fourth-order valence-corrected chi connectivity index (χ4v) is 2.39. The van der Waals surface area contributed by atoms with Crippen molar-refractivity contribution in [2.75, 3.05) is 0 Å². The summed E-state index contributed by atoms with van der Waals surface area (Å²) in [5.74, 6) is 0. The molecule has 0 spiro atoms. The Bertz CT molecular complexity index is 421. The lowest BCUT2D eigenvalue weighted by atomic mass is 10.1. The maximum Gasteiger partial charge on any atom is 0.417 e. The number of alkyl halides is 3. The summed E-state index contributed by atoms with van der Waals surface area (Å²) in [5, 5.41) is 8.44. The SMILES string of the molecule is N#CCc1cc(C(F)(F)F)c(Br)cc1Br. The molecule has 80 valence electrons. The number of hydrogen-bond donors (Lipinski definition) is 0. The van der Waals surface area contributed by atoms with Gasteiger partial charge >= 0.3 is 6.18 Å². The van der Waals surface area contributed by atoms with Crippen LogP contribution in [0.25, 0.3) is 0 Å². The lowest BCUT2D eigenvalue weighted by Gasteiger charge is -2.11. The van der Waals surface area contributed by atoms with Crippen molar-refractivity contribution in [3.63, 3.8) is 0 Å². The Kier molecular flexibility index (Phi) is 3.79. The highest BCUT2D eigenvalue weighted by Crippen LogP contribution is 2.37. The molecule has 15 heavy (non-hydrogen) atoms. The number of nitriles is 1. The second-order valence-electron chi connectivity index (χ2n) is 2.76. The van der Waals surface area contributed by atoms with E-state index in [0.717, 1.165) is 6.07 Å². The Morgan fingerprint density at radius 2 is 1.80 bits per heavy atom. The first kappa shape index (κ1) is 12.5. The molecule has 0 N–H and O–H groups in total. The third-order valence-electron chi connectivity index (χ3n) is 1.71. The van der Waals surface area contributed by atoms with E-state index in [9.17, 15) is 13.2 Å². The number of halogens is 5. The van der Waals surface area contributed by atoms with Crippen LogP contribution in [0.5, 0.6) is 0 Å². The van der Waals surface area contributed by atoms with Crippen molar-refractivity contribution < 1.29 is 13.2 Å². The average Bonchev–Trinajstić information content (AvgIpc) is 2.07. The first-order valence-electron chi connectivity index (χ1n) is 3.78. The summed E-state index contributed by atoms with van der Waals surface area (Å²) < 4.78 is 37.9. The zero-order chi connectivity index (χ0) is 11.6. The Balaban J connectivity index is 3.31. The zero-order valence-electron chi connectivity index (χ0n) is 7.20. The van der Waals surface area contributed by atoms with Gasteiger partial charge in [0.1, 0.15) is 0 Å². The second kappa shape index (κ2) is 4.54. The predicted molar refractivity (Wildman–Crippen MR) is 56.2 cm³/mol. The second-order valence-corrected chi connectivity index (χ2v) is 4.46. The van der Waals surface area contributed by atoms with Crippen molar-refractivity contribution in [3.8, 4) is 6.07 Å². The Morgan fingerprint density at radius 1 is 1.20 bits per heavy atom. The van der Waals surface area contributed by atoms with Crippen molar-refractivity contribution in [3.05, 3.63) is 32.2 Å². The van der Waals surface area contributed by atoms with Gasteiger partial charge in [-0.15, -0.1) is 0 Å². The molecule has 0 aromatic heterocycles. The fourth-order valence-electron chi connectivity index (χ4n) is 1.03. The Morgan fingerprint density at radius 3 is 2.27 bits per heavy atom. The van der Waals surface area contributed by atoms with Crippen molar-refractivity contribution in [2.45, 2.75) is 12.6 Å². The Hall–Kier alpha value is -0.540. The molecular weight excluding hydrogens is 339 g/mol. The number of benzene rings is 1. The van der Waals surface area contributed by atoms with Gasteiger partial charge in [-0.3, -0.25) is 0 Å². The molecule has 0 atom stereocenters. The zero-order valence-corrected chi connectivity index (χ0v) is 10.4. The molecule has 0 saturated heterocycles. The maximum absolute atomic E-state index is 12.5. The van der Waals surface area contributed by atoms with Gasteiger partial charge in [0.05, 0.1) is 18.1 Å². The molecule has 0 saturated carbocycles. The van der Waals surface area contributed by atoms with Crippen LogP contribution in [-0.2, 0) is 12.6 Å².